The zero-order chi connectivity index (χ0) is 13.1. The van der Waals surface area contributed by atoms with Crippen molar-refractivity contribution in [3.05, 3.63) is 60.9 Å². The Kier molecular flexibility index (Phi) is 2.98. The van der Waals surface area contributed by atoms with Gasteiger partial charge in [-0.1, -0.05) is 30.3 Å². The van der Waals surface area contributed by atoms with Crippen LogP contribution in [0.3, 0.4) is 0 Å². The average molecular weight is 251 g/mol. The number of ether oxygens (including phenoxy) is 1. The van der Waals surface area contributed by atoms with Crippen LogP contribution in [0.5, 0.6) is 5.75 Å². The van der Waals surface area contributed by atoms with Gasteiger partial charge in [0.2, 0.25) is 0 Å². The second kappa shape index (κ2) is 4.94. The van der Waals surface area contributed by atoms with E-state index in [0.29, 0.717) is 0 Å². The number of rotatable bonds is 3. The van der Waals surface area contributed by atoms with Gasteiger partial charge in [-0.25, -0.2) is 0 Å². The average Bonchev–Trinajstić information content (AvgIpc) is 2.98. The van der Waals surface area contributed by atoms with E-state index in [9.17, 15) is 0 Å². The van der Waals surface area contributed by atoms with Gasteiger partial charge in [0.05, 0.1) is 7.11 Å². The summed E-state index contributed by atoms with van der Waals surface area (Å²) >= 11 is 0. The summed E-state index contributed by atoms with van der Waals surface area (Å²) in [5.41, 5.74) is 2.04. The Bertz CT molecular complexity index is 659. The number of nitrogens with zero attached hydrogens (tertiary/aromatic N) is 3. The molecule has 0 N–H and O–H groups in total. The number of aromatic nitrogens is 3. The molecule has 3 rings (SSSR count). The van der Waals surface area contributed by atoms with Crippen molar-refractivity contribution in [1.29, 1.82) is 0 Å². The van der Waals surface area contributed by atoms with E-state index in [1.807, 2.05) is 59.2 Å². The predicted molar refractivity (Wildman–Crippen MR) is 73.3 cm³/mol. The normalized spacial score (nSPS) is 10.4. The fraction of sp³-hybridized carbons (Fsp3) is 0.0667. The van der Waals surface area contributed by atoms with Crippen molar-refractivity contribution >= 4 is 0 Å². The third kappa shape index (κ3) is 2.20. The highest BCUT2D eigenvalue weighted by molar-refractivity contribution is 5.58. The molecule has 0 saturated carbocycles. The minimum atomic E-state index is 0.825. The Morgan fingerprint density at radius 3 is 2.37 bits per heavy atom. The van der Waals surface area contributed by atoms with Crippen LogP contribution in [-0.2, 0) is 0 Å². The van der Waals surface area contributed by atoms with Crippen LogP contribution in [0.2, 0.25) is 0 Å². The fourth-order valence-electron chi connectivity index (χ4n) is 1.95. The van der Waals surface area contributed by atoms with Gasteiger partial charge in [-0.3, -0.25) is 4.57 Å². The molecule has 0 atom stereocenters. The van der Waals surface area contributed by atoms with Crippen LogP contribution in [0, 0.1) is 0 Å². The lowest BCUT2D eigenvalue weighted by Crippen LogP contribution is -1.96. The van der Waals surface area contributed by atoms with Gasteiger partial charge < -0.3 is 4.74 Å². The molecular weight excluding hydrogens is 238 g/mol. The van der Waals surface area contributed by atoms with E-state index in [4.69, 9.17) is 4.74 Å². The molecule has 0 aliphatic rings. The van der Waals surface area contributed by atoms with Gasteiger partial charge >= 0.3 is 0 Å². The van der Waals surface area contributed by atoms with Crippen LogP contribution < -0.4 is 4.74 Å². The zero-order valence-electron chi connectivity index (χ0n) is 10.5. The minimum absolute atomic E-state index is 0.825. The van der Waals surface area contributed by atoms with Gasteiger partial charge in [-0.2, -0.15) is 0 Å². The molecule has 0 fully saturated rings. The first-order valence-corrected chi connectivity index (χ1v) is 5.98. The molecule has 0 unspecified atom stereocenters. The molecule has 0 aliphatic carbocycles. The van der Waals surface area contributed by atoms with Crippen molar-refractivity contribution in [3.8, 4) is 22.8 Å². The third-order valence-corrected chi connectivity index (χ3v) is 2.93. The van der Waals surface area contributed by atoms with Crippen LogP contribution >= 0.6 is 0 Å². The fourth-order valence-corrected chi connectivity index (χ4v) is 1.95. The molecule has 0 bridgehead atoms. The third-order valence-electron chi connectivity index (χ3n) is 2.93. The molecule has 94 valence electrons. The van der Waals surface area contributed by atoms with Crippen LogP contribution in [-0.4, -0.2) is 21.9 Å². The SMILES string of the molecule is COc1ccc(-n2cnnc2-c2ccccc2)cc1. The van der Waals surface area contributed by atoms with Gasteiger partial charge in [-0.15, -0.1) is 10.2 Å². The summed E-state index contributed by atoms with van der Waals surface area (Å²) in [6.07, 6.45) is 1.71. The molecule has 4 nitrogen and oxygen atoms in total. The first-order chi connectivity index (χ1) is 9.38. The van der Waals surface area contributed by atoms with E-state index in [0.717, 1.165) is 22.8 Å². The lowest BCUT2D eigenvalue weighted by atomic mass is 10.2. The molecule has 3 aromatic rings. The predicted octanol–water partition coefficient (Wildman–Crippen LogP) is 2.94. The topological polar surface area (TPSA) is 39.9 Å². The molecule has 2 aromatic carbocycles. The lowest BCUT2D eigenvalue weighted by Gasteiger charge is -2.07. The van der Waals surface area contributed by atoms with Crippen LogP contribution in [0.25, 0.3) is 17.1 Å². The Balaban J connectivity index is 2.04. The molecule has 19 heavy (non-hydrogen) atoms. The smallest absolute Gasteiger partial charge is 0.168 e. The molecule has 0 aliphatic heterocycles. The van der Waals surface area contributed by atoms with Gasteiger partial charge in [0.25, 0.3) is 0 Å². The molecular formula is C15H13N3O. The first-order valence-electron chi connectivity index (χ1n) is 5.98. The highest BCUT2D eigenvalue weighted by Gasteiger charge is 2.08. The second-order valence-corrected chi connectivity index (χ2v) is 4.09. The van der Waals surface area contributed by atoms with Crippen molar-refractivity contribution in [1.82, 2.24) is 14.8 Å². The summed E-state index contributed by atoms with van der Waals surface area (Å²) in [5, 5.41) is 8.19. The van der Waals surface area contributed by atoms with Crippen LogP contribution in [0.15, 0.2) is 60.9 Å². The second-order valence-electron chi connectivity index (χ2n) is 4.09. The molecule has 0 saturated heterocycles. The summed E-state index contributed by atoms with van der Waals surface area (Å²) in [6, 6.07) is 17.8. The van der Waals surface area contributed by atoms with Crippen molar-refractivity contribution < 1.29 is 4.74 Å². The molecule has 1 aromatic heterocycles. The van der Waals surface area contributed by atoms with Gasteiger partial charge in [0.15, 0.2) is 5.82 Å². The number of hydrogen-bond acceptors (Lipinski definition) is 3. The Morgan fingerprint density at radius 2 is 1.68 bits per heavy atom. The van der Waals surface area contributed by atoms with Crippen molar-refractivity contribution in [2.45, 2.75) is 0 Å². The standard InChI is InChI=1S/C15H13N3O/c1-19-14-9-7-13(8-10-14)18-11-16-17-15(18)12-5-3-2-4-6-12/h2-11H,1H3. The van der Waals surface area contributed by atoms with E-state index >= 15 is 0 Å². The first kappa shape index (κ1) is 11.5. The van der Waals surface area contributed by atoms with E-state index in [2.05, 4.69) is 10.2 Å². The van der Waals surface area contributed by atoms with Crippen LogP contribution in [0.1, 0.15) is 0 Å². The quantitative estimate of drug-likeness (QED) is 0.718. The van der Waals surface area contributed by atoms with Gasteiger partial charge in [0, 0.05) is 11.3 Å². The van der Waals surface area contributed by atoms with Crippen LogP contribution in [0.4, 0.5) is 0 Å². The number of hydrogen-bond donors (Lipinski definition) is 0. The largest absolute Gasteiger partial charge is 0.497 e. The molecule has 0 radical (unpaired) electrons. The highest BCUT2D eigenvalue weighted by atomic mass is 16.5. The number of benzene rings is 2. The van der Waals surface area contributed by atoms with Crippen molar-refractivity contribution in [3.63, 3.8) is 0 Å². The van der Waals surface area contributed by atoms with Gasteiger partial charge in [0.1, 0.15) is 12.1 Å². The Labute approximate surface area is 111 Å². The summed E-state index contributed by atoms with van der Waals surface area (Å²) in [7, 11) is 1.66. The molecule has 4 heteroatoms. The number of methoxy groups -OCH3 is 1. The molecule has 0 amide bonds. The van der Waals surface area contributed by atoms with E-state index in [1.54, 1.807) is 13.4 Å². The minimum Gasteiger partial charge on any atom is -0.497 e. The molecule has 1 heterocycles. The highest BCUT2D eigenvalue weighted by Crippen LogP contribution is 2.21. The Hall–Kier alpha value is -2.62. The summed E-state index contributed by atoms with van der Waals surface area (Å²) < 4.78 is 7.11. The lowest BCUT2D eigenvalue weighted by molar-refractivity contribution is 0.415. The maximum Gasteiger partial charge on any atom is 0.168 e. The summed E-state index contributed by atoms with van der Waals surface area (Å²) in [6.45, 7) is 0. The summed E-state index contributed by atoms with van der Waals surface area (Å²) in [5.74, 6) is 1.66. The van der Waals surface area contributed by atoms with Gasteiger partial charge in [-0.05, 0) is 24.3 Å². The zero-order valence-corrected chi connectivity index (χ0v) is 10.5. The summed E-state index contributed by atoms with van der Waals surface area (Å²) in [4.78, 5) is 0. The van der Waals surface area contributed by atoms with E-state index in [-0.39, 0.29) is 0 Å². The molecule has 0 spiro atoms. The Morgan fingerprint density at radius 1 is 0.947 bits per heavy atom. The van der Waals surface area contributed by atoms with E-state index < -0.39 is 0 Å². The van der Waals surface area contributed by atoms with Crippen molar-refractivity contribution in [2.24, 2.45) is 0 Å². The maximum absolute atomic E-state index is 5.16. The maximum atomic E-state index is 5.16. The van der Waals surface area contributed by atoms with E-state index in [1.165, 1.54) is 0 Å². The van der Waals surface area contributed by atoms with Crippen molar-refractivity contribution in [2.75, 3.05) is 7.11 Å². The monoisotopic (exact) mass is 251 g/mol.